The van der Waals surface area contributed by atoms with Gasteiger partial charge in [0.2, 0.25) is 11.8 Å². The van der Waals surface area contributed by atoms with Crippen LogP contribution in [-0.4, -0.2) is 51.9 Å². The number of carbonyl (C=O) groups excluding carboxylic acids is 2. The van der Waals surface area contributed by atoms with Crippen molar-refractivity contribution < 1.29 is 9.59 Å². The minimum atomic E-state index is -0.348. The van der Waals surface area contributed by atoms with E-state index in [1.807, 2.05) is 60.0 Å². The molecule has 3 aromatic rings. The van der Waals surface area contributed by atoms with E-state index in [1.165, 1.54) is 0 Å². The fraction of sp³-hybridized carbons (Fsp3) is 0.348. The SMILES string of the molecule is C[C@H](C(=O)N1CC(=O)Nc2ccccc21)N1CCC(n2c(=O)[nH]c3ccccc32)CC1. The number of fused-ring (bicyclic) bond motifs is 2. The first-order valence-electron chi connectivity index (χ1n) is 10.7. The highest BCUT2D eigenvalue weighted by atomic mass is 16.2. The maximum absolute atomic E-state index is 13.3. The smallest absolute Gasteiger partial charge is 0.323 e. The van der Waals surface area contributed by atoms with E-state index in [1.54, 1.807) is 4.90 Å². The van der Waals surface area contributed by atoms with Crippen LogP contribution in [0.5, 0.6) is 0 Å². The topological polar surface area (TPSA) is 90.4 Å². The van der Waals surface area contributed by atoms with E-state index in [-0.39, 0.29) is 36.1 Å². The van der Waals surface area contributed by atoms with Gasteiger partial charge in [0.05, 0.1) is 28.5 Å². The molecule has 3 heterocycles. The van der Waals surface area contributed by atoms with Gasteiger partial charge >= 0.3 is 5.69 Å². The molecule has 2 aliphatic rings. The van der Waals surface area contributed by atoms with Gasteiger partial charge in [0.25, 0.3) is 0 Å². The number of aromatic nitrogens is 2. The number of hydrogen-bond donors (Lipinski definition) is 2. The first-order chi connectivity index (χ1) is 15.0. The number of aromatic amines is 1. The normalized spacial score (nSPS) is 18.6. The zero-order chi connectivity index (χ0) is 21.5. The molecule has 8 heteroatoms. The molecule has 2 N–H and O–H groups in total. The predicted molar refractivity (Wildman–Crippen MR) is 119 cm³/mol. The Morgan fingerprint density at radius 1 is 1.03 bits per heavy atom. The molecule has 1 atom stereocenters. The molecule has 0 unspecified atom stereocenters. The first kappa shape index (κ1) is 19.6. The molecular weight excluding hydrogens is 394 g/mol. The van der Waals surface area contributed by atoms with Crippen molar-refractivity contribution in [1.29, 1.82) is 0 Å². The number of nitrogens with one attached hydrogen (secondary N) is 2. The molecular formula is C23H25N5O3. The van der Waals surface area contributed by atoms with E-state index in [2.05, 4.69) is 15.2 Å². The highest BCUT2D eigenvalue weighted by molar-refractivity contribution is 6.11. The third kappa shape index (κ3) is 3.42. The summed E-state index contributed by atoms with van der Waals surface area (Å²) in [6, 6.07) is 14.9. The maximum atomic E-state index is 13.3. The van der Waals surface area contributed by atoms with Crippen LogP contribution in [0.3, 0.4) is 0 Å². The largest absolute Gasteiger partial charge is 0.326 e. The van der Waals surface area contributed by atoms with Crippen LogP contribution in [0.15, 0.2) is 53.3 Å². The van der Waals surface area contributed by atoms with E-state index < -0.39 is 0 Å². The van der Waals surface area contributed by atoms with Crippen molar-refractivity contribution in [3.63, 3.8) is 0 Å². The summed E-state index contributed by atoms with van der Waals surface area (Å²) in [5, 5.41) is 2.82. The van der Waals surface area contributed by atoms with E-state index in [0.717, 1.165) is 29.6 Å². The molecule has 0 aliphatic carbocycles. The zero-order valence-corrected chi connectivity index (χ0v) is 17.4. The van der Waals surface area contributed by atoms with Gasteiger partial charge in [-0.1, -0.05) is 24.3 Å². The Bertz CT molecular complexity index is 1210. The Kier molecular flexibility index (Phi) is 4.86. The number of anilines is 2. The molecule has 8 nitrogen and oxygen atoms in total. The van der Waals surface area contributed by atoms with Gasteiger partial charge in [-0.15, -0.1) is 0 Å². The lowest BCUT2D eigenvalue weighted by molar-refractivity contribution is -0.125. The summed E-state index contributed by atoms with van der Waals surface area (Å²) in [6.45, 7) is 3.35. The lowest BCUT2D eigenvalue weighted by atomic mass is 10.0. The highest BCUT2D eigenvalue weighted by Crippen LogP contribution is 2.31. The van der Waals surface area contributed by atoms with E-state index >= 15 is 0 Å². The Labute approximate surface area is 179 Å². The number of benzene rings is 2. The van der Waals surface area contributed by atoms with Crippen molar-refractivity contribution in [3.05, 3.63) is 59.0 Å². The summed E-state index contributed by atoms with van der Waals surface area (Å²) in [5.41, 5.74) is 3.09. The van der Waals surface area contributed by atoms with Crippen molar-refractivity contribution in [2.45, 2.75) is 31.8 Å². The van der Waals surface area contributed by atoms with Crippen LogP contribution in [0.25, 0.3) is 11.0 Å². The molecule has 0 spiro atoms. The standard InChI is InChI=1S/C23H25N5O3/c1-15(22(30)27-14-21(29)24-17-6-2-4-8-19(17)27)26-12-10-16(11-13-26)28-20-9-5-3-7-18(20)25-23(28)31/h2-9,15-16H,10-14H2,1H3,(H,24,29)(H,25,31)/t15-/m1/s1. The fourth-order valence-electron chi connectivity index (χ4n) is 4.78. The van der Waals surface area contributed by atoms with E-state index in [4.69, 9.17) is 0 Å². The van der Waals surface area contributed by atoms with Crippen molar-refractivity contribution in [1.82, 2.24) is 14.5 Å². The van der Waals surface area contributed by atoms with Gasteiger partial charge in [0.15, 0.2) is 0 Å². The Morgan fingerprint density at radius 3 is 2.55 bits per heavy atom. The summed E-state index contributed by atoms with van der Waals surface area (Å²) in [5.74, 6) is -0.262. The number of carbonyl (C=O) groups is 2. The zero-order valence-electron chi connectivity index (χ0n) is 17.4. The fourth-order valence-corrected chi connectivity index (χ4v) is 4.78. The van der Waals surface area contributed by atoms with Gasteiger partial charge < -0.3 is 10.3 Å². The summed E-state index contributed by atoms with van der Waals surface area (Å²) in [6.07, 6.45) is 1.58. The average Bonchev–Trinajstić information content (AvgIpc) is 3.13. The lowest BCUT2D eigenvalue weighted by Crippen LogP contribution is -2.53. The number of H-pyrrole nitrogens is 1. The number of imidazole rings is 1. The second kappa shape index (κ2) is 7.70. The molecule has 1 aromatic heterocycles. The highest BCUT2D eigenvalue weighted by Gasteiger charge is 2.34. The van der Waals surface area contributed by atoms with Crippen LogP contribution in [-0.2, 0) is 9.59 Å². The Morgan fingerprint density at radius 2 is 1.74 bits per heavy atom. The number of hydrogen-bond acceptors (Lipinski definition) is 4. The Balaban J connectivity index is 1.31. The average molecular weight is 419 g/mol. The summed E-state index contributed by atoms with van der Waals surface area (Å²) in [7, 11) is 0. The minimum absolute atomic E-state index is 0.0292. The van der Waals surface area contributed by atoms with Crippen molar-refractivity contribution >= 4 is 34.2 Å². The van der Waals surface area contributed by atoms with Crippen LogP contribution in [0.2, 0.25) is 0 Å². The minimum Gasteiger partial charge on any atom is -0.323 e. The molecule has 0 bridgehead atoms. The molecule has 0 saturated carbocycles. The third-order valence-corrected chi connectivity index (χ3v) is 6.43. The van der Waals surface area contributed by atoms with Crippen LogP contribution in [0.1, 0.15) is 25.8 Å². The molecule has 1 saturated heterocycles. The maximum Gasteiger partial charge on any atom is 0.326 e. The second-order valence-electron chi connectivity index (χ2n) is 8.25. The number of nitrogens with zero attached hydrogens (tertiary/aromatic N) is 3. The van der Waals surface area contributed by atoms with Crippen LogP contribution >= 0.6 is 0 Å². The third-order valence-electron chi connectivity index (χ3n) is 6.43. The van der Waals surface area contributed by atoms with Crippen molar-refractivity contribution in [2.75, 3.05) is 29.9 Å². The Hall–Kier alpha value is -3.39. The number of rotatable bonds is 3. The van der Waals surface area contributed by atoms with Gasteiger partial charge in [-0.05, 0) is 44.0 Å². The van der Waals surface area contributed by atoms with Gasteiger partial charge in [0, 0.05) is 19.1 Å². The molecule has 2 amide bonds. The molecule has 0 radical (unpaired) electrons. The van der Waals surface area contributed by atoms with Crippen molar-refractivity contribution in [3.8, 4) is 0 Å². The van der Waals surface area contributed by atoms with Gasteiger partial charge in [-0.3, -0.25) is 24.0 Å². The summed E-state index contributed by atoms with van der Waals surface area (Å²) >= 11 is 0. The summed E-state index contributed by atoms with van der Waals surface area (Å²) in [4.78, 5) is 44.6. The first-order valence-corrected chi connectivity index (χ1v) is 10.7. The van der Waals surface area contributed by atoms with Crippen LogP contribution in [0, 0.1) is 0 Å². The van der Waals surface area contributed by atoms with Crippen LogP contribution < -0.4 is 15.9 Å². The number of amides is 2. The van der Waals surface area contributed by atoms with Gasteiger partial charge in [0.1, 0.15) is 6.54 Å². The van der Waals surface area contributed by atoms with Crippen molar-refractivity contribution in [2.24, 2.45) is 0 Å². The summed E-state index contributed by atoms with van der Waals surface area (Å²) < 4.78 is 1.85. The van der Waals surface area contributed by atoms with Gasteiger partial charge in [-0.25, -0.2) is 4.79 Å². The van der Waals surface area contributed by atoms with Gasteiger partial charge in [-0.2, -0.15) is 0 Å². The lowest BCUT2D eigenvalue weighted by Gasteiger charge is -2.38. The molecule has 5 rings (SSSR count). The predicted octanol–water partition coefficient (Wildman–Crippen LogP) is 2.34. The van der Waals surface area contributed by atoms with Crippen LogP contribution in [0.4, 0.5) is 11.4 Å². The number of piperidine rings is 1. The number of para-hydroxylation sites is 4. The molecule has 2 aromatic carbocycles. The number of likely N-dealkylation sites (tertiary alicyclic amines) is 1. The quantitative estimate of drug-likeness (QED) is 0.682. The molecule has 160 valence electrons. The molecule has 2 aliphatic heterocycles. The van der Waals surface area contributed by atoms with E-state index in [9.17, 15) is 14.4 Å². The monoisotopic (exact) mass is 419 g/mol. The molecule has 31 heavy (non-hydrogen) atoms. The molecule has 1 fully saturated rings. The van der Waals surface area contributed by atoms with E-state index in [0.29, 0.717) is 18.8 Å². The second-order valence-corrected chi connectivity index (χ2v) is 8.25.